The van der Waals surface area contributed by atoms with E-state index in [0.29, 0.717) is 5.92 Å². The van der Waals surface area contributed by atoms with E-state index < -0.39 is 5.97 Å². The molecule has 0 spiro atoms. The first-order valence-electron chi connectivity index (χ1n) is 5.69. The molecule has 2 aromatic rings. The van der Waals surface area contributed by atoms with Crippen molar-refractivity contribution in [1.82, 2.24) is 9.55 Å². The number of rotatable bonds is 3. The van der Waals surface area contributed by atoms with Crippen molar-refractivity contribution in [3.05, 3.63) is 29.6 Å². The van der Waals surface area contributed by atoms with Gasteiger partial charge in [0.25, 0.3) is 0 Å². The first kappa shape index (κ1) is 11.6. The van der Waals surface area contributed by atoms with Crippen molar-refractivity contribution in [2.75, 3.05) is 0 Å². The van der Waals surface area contributed by atoms with Crippen LogP contribution in [0.25, 0.3) is 11.0 Å². The summed E-state index contributed by atoms with van der Waals surface area (Å²) in [6.07, 6.45) is 0. The van der Waals surface area contributed by atoms with Gasteiger partial charge in [0.15, 0.2) is 0 Å². The van der Waals surface area contributed by atoms with Gasteiger partial charge in [0.05, 0.1) is 16.6 Å². The average molecular weight is 232 g/mol. The van der Waals surface area contributed by atoms with E-state index in [0.717, 1.165) is 23.4 Å². The fourth-order valence-corrected chi connectivity index (χ4v) is 1.98. The standard InChI is InChI=1S/C13H16N2O2/c1-8(2)7-15-9(3)14-11-6-10(13(16)17)4-5-12(11)15/h4-6,8H,7H2,1-3H3,(H,16,17). The largest absolute Gasteiger partial charge is 0.478 e. The number of carboxylic acids is 1. The maximum absolute atomic E-state index is 10.9. The molecule has 1 heterocycles. The smallest absolute Gasteiger partial charge is 0.335 e. The van der Waals surface area contributed by atoms with Gasteiger partial charge in [-0.25, -0.2) is 9.78 Å². The van der Waals surface area contributed by atoms with Crippen LogP contribution in [0.15, 0.2) is 18.2 Å². The van der Waals surface area contributed by atoms with Crippen molar-refractivity contribution in [3.63, 3.8) is 0 Å². The summed E-state index contributed by atoms with van der Waals surface area (Å²) in [7, 11) is 0. The van der Waals surface area contributed by atoms with Crippen LogP contribution >= 0.6 is 0 Å². The Morgan fingerprint density at radius 3 is 2.76 bits per heavy atom. The van der Waals surface area contributed by atoms with E-state index in [-0.39, 0.29) is 5.56 Å². The molecule has 17 heavy (non-hydrogen) atoms. The van der Waals surface area contributed by atoms with E-state index in [4.69, 9.17) is 5.11 Å². The topological polar surface area (TPSA) is 55.1 Å². The summed E-state index contributed by atoms with van der Waals surface area (Å²) < 4.78 is 2.13. The molecule has 0 aliphatic carbocycles. The van der Waals surface area contributed by atoms with Crippen LogP contribution < -0.4 is 0 Å². The molecule has 0 fully saturated rings. The highest BCUT2D eigenvalue weighted by Crippen LogP contribution is 2.19. The van der Waals surface area contributed by atoms with Crippen LogP contribution in [0.5, 0.6) is 0 Å². The summed E-state index contributed by atoms with van der Waals surface area (Å²) in [4.78, 5) is 15.3. The molecule has 0 aliphatic heterocycles. The number of carboxylic acid groups (broad SMARTS) is 1. The maximum Gasteiger partial charge on any atom is 0.335 e. The number of aromatic nitrogens is 2. The minimum atomic E-state index is -0.914. The van der Waals surface area contributed by atoms with Gasteiger partial charge in [0.1, 0.15) is 5.82 Å². The fourth-order valence-electron chi connectivity index (χ4n) is 1.98. The lowest BCUT2D eigenvalue weighted by atomic mass is 10.2. The monoisotopic (exact) mass is 232 g/mol. The quantitative estimate of drug-likeness (QED) is 0.885. The van der Waals surface area contributed by atoms with Gasteiger partial charge >= 0.3 is 5.97 Å². The second kappa shape index (κ2) is 4.20. The zero-order chi connectivity index (χ0) is 12.6. The van der Waals surface area contributed by atoms with Gasteiger partial charge in [-0.05, 0) is 31.0 Å². The van der Waals surface area contributed by atoms with Crippen molar-refractivity contribution in [1.29, 1.82) is 0 Å². The zero-order valence-corrected chi connectivity index (χ0v) is 10.3. The highest BCUT2D eigenvalue weighted by Gasteiger charge is 2.11. The molecule has 0 radical (unpaired) electrons. The van der Waals surface area contributed by atoms with Gasteiger partial charge in [0, 0.05) is 6.54 Å². The molecule has 4 heteroatoms. The maximum atomic E-state index is 10.9. The molecule has 1 aromatic carbocycles. The third kappa shape index (κ3) is 2.16. The molecule has 0 saturated heterocycles. The Bertz CT molecular complexity index is 570. The molecule has 0 atom stereocenters. The Kier molecular flexibility index (Phi) is 2.88. The second-order valence-electron chi connectivity index (χ2n) is 4.67. The van der Waals surface area contributed by atoms with E-state index in [9.17, 15) is 4.79 Å². The Morgan fingerprint density at radius 2 is 2.18 bits per heavy atom. The van der Waals surface area contributed by atoms with Crippen LogP contribution in [0.1, 0.15) is 30.0 Å². The molecule has 0 bridgehead atoms. The van der Waals surface area contributed by atoms with Crippen molar-refractivity contribution in [2.45, 2.75) is 27.3 Å². The average Bonchev–Trinajstić information content (AvgIpc) is 2.54. The van der Waals surface area contributed by atoms with Crippen LogP contribution in [0, 0.1) is 12.8 Å². The van der Waals surface area contributed by atoms with Crippen LogP contribution in [-0.4, -0.2) is 20.6 Å². The third-order valence-electron chi connectivity index (χ3n) is 2.73. The lowest BCUT2D eigenvalue weighted by molar-refractivity contribution is 0.0697. The highest BCUT2D eigenvalue weighted by molar-refractivity contribution is 5.92. The summed E-state index contributed by atoms with van der Waals surface area (Å²) in [6, 6.07) is 5.09. The summed E-state index contributed by atoms with van der Waals surface area (Å²) in [6.45, 7) is 7.14. The molecule has 0 saturated carbocycles. The minimum Gasteiger partial charge on any atom is -0.478 e. The Hall–Kier alpha value is -1.84. The number of aromatic carboxylic acids is 1. The van der Waals surface area contributed by atoms with E-state index in [1.54, 1.807) is 12.1 Å². The molecular weight excluding hydrogens is 216 g/mol. The van der Waals surface area contributed by atoms with Crippen LogP contribution in [0.4, 0.5) is 0 Å². The summed E-state index contributed by atoms with van der Waals surface area (Å²) in [5, 5.41) is 8.93. The van der Waals surface area contributed by atoms with Crippen LogP contribution in [-0.2, 0) is 6.54 Å². The van der Waals surface area contributed by atoms with E-state index >= 15 is 0 Å². The van der Waals surface area contributed by atoms with Crippen molar-refractivity contribution >= 4 is 17.0 Å². The van der Waals surface area contributed by atoms with E-state index in [1.807, 2.05) is 13.0 Å². The second-order valence-corrected chi connectivity index (χ2v) is 4.67. The zero-order valence-electron chi connectivity index (χ0n) is 10.3. The lowest BCUT2D eigenvalue weighted by Crippen LogP contribution is -2.06. The number of benzene rings is 1. The van der Waals surface area contributed by atoms with Crippen molar-refractivity contribution in [3.8, 4) is 0 Å². The van der Waals surface area contributed by atoms with Gasteiger partial charge in [-0.2, -0.15) is 0 Å². The summed E-state index contributed by atoms with van der Waals surface area (Å²) >= 11 is 0. The molecule has 90 valence electrons. The Labute approximate surface area is 99.9 Å². The number of carbonyl (C=O) groups is 1. The number of hydrogen-bond acceptors (Lipinski definition) is 2. The molecule has 4 nitrogen and oxygen atoms in total. The normalized spacial score (nSPS) is 11.3. The predicted octanol–water partition coefficient (Wildman–Crippen LogP) is 2.70. The molecule has 2 rings (SSSR count). The number of imidazole rings is 1. The first-order chi connectivity index (χ1) is 7.99. The summed E-state index contributed by atoms with van der Waals surface area (Å²) in [5.74, 6) is 0.546. The molecule has 1 aromatic heterocycles. The molecular formula is C13H16N2O2. The van der Waals surface area contributed by atoms with Gasteiger partial charge in [-0.3, -0.25) is 0 Å². The predicted molar refractivity (Wildman–Crippen MR) is 66.3 cm³/mol. The lowest BCUT2D eigenvalue weighted by Gasteiger charge is -2.09. The van der Waals surface area contributed by atoms with Gasteiger partial charge in [-0.1, -0.05) is 13.8 Å². The molecule has 0 aliphatic rings. The van der Waals surface area contributed by atoms with Gasteiger partial charge in [-0.15, -0.1) is 0 Å². The number of fused-ring (bicyclic) bond motifs is 1. The van der Waals surface area contributed by atoms with E-state index in [1.165, 1.54) is 0 Å². The van der Waals surface area contributed by atoms with Crippen LogP contribution in [0.2, 0.25) is 0 Å². The van der Waals surface area contributed by atoms with Crippen molar-refractivity contribution < 1.29 is 9.90 Å². The highest BCUT2D eigenvalue weighted by atomic mass is 16.4. The first-order valence-corrected chi connectivity index (χ1v) is 5.69. The van der Waals surface area contributed by atoms with Gasteiger partial charge in [0.2, 0.25) is 0 Å². The number of aryl methyl sites for hydroxylation is 1. The van der Waals surface area contributed by atoms with Crippen molar-refractivity contribution in [2.24, 2.45) is 5.92 Å². The number of hydrogen-bond donors (Lipinski definition) is 1. The minimum absolute atomic E-state index is 0.284. The molecule has 1 N–H and O–H groups in total. The van der Waals surface area contributed by atoms with E-state index in [2.05, 4.69) is 23.4 Å². The summed E-state index contributed by atoms with van der Waals surface area (Å²) in [5.41, 5.74) is 2.04. The molecule has 0 amide bonds. The van der Waals surface area contributed by atoms with Gasteiger partial charge < -0.3 is 9.67 Å². The number of nitrogens with zero attached hydrogens (tertiary/aromatic N) is 2. The third-order valence-corrected chi connectivity index (χ3v) is 2.73. The Morgan fingerprint density at radius 1 is 1.47 bits per heavy atom. The molecule has 0 unspecified atom stereocenters. The SMILES string of the molecule is Cc1nc2cc(C(=O)O)ccc2n1CC(C)C. The fraction of sp³-hybridized carbons (Fsp3) is 0.385. The van der Waals surface area contributed by atoms with Crippen LogP contribution in [0.3, 0.4) is 0 Å². The Balaban J connectivity index is 2.56.